The first-order valence-electron chi connectivity index (χ1n) is 6.29. The first kappa shape index (κ1) is 10.3. The van der Waals surface area contributed by atoms with Crippen LogP contribution in [-0.2, 0) is 6.54 Å². The fourth-order valence-corrected chi connectivity index (χ4v) is 3.27. The van der Waals surface area contributed by atoms with Crippen LogP contribution < -0.4 is 0 Å². The summed E-state index contributed by atoms with van der Waals surface area (Å²) in [5.41, 5.74) is 1.36. The van der Waals surface area contributed by atoms with E-state index in [0.717, 1.165) is 18.9 Å². The van der Waals surface area contributed by atoms with Crippen molar-refractivity contribution in [1.82, 2.24) is 4.90 Å². The van der Waals surface area contributed by atoms with Crippen LogP contribution in [0.2, 0.25) is 0 Å². The lowest BCUT2D eigenvalue weighted by atomic mass is 9.78. The summed E-state index contributed by atoms with van der Waals surface area (Å²) in [5.74, 6) is 0.726. The van der Waals surface area contributed by atoms with E-state index in [0.29, 0.717) is 6.04 Å². The molecule has 3 fully saturated rings. The molecule has 0 radical (unpaired) electrons. The average Bonchev–Trinajstić information content (AvgIpc) is 2.30. The van der Waals surface area contributed by atoms with Crippen molar-refractivity contribution in [2.45, 2.75) is 38.0 Å². The quantitative estimate of drug-likeness (QED) is 0.819. The molecule has 0 amide bonds. The molecule has 0 spiro atoms. The van der Waals surface area contributed by atoms with E-state index < -0.39 is 0 Å². The van der Waals surface area contributed by atoms with Crippen molar-refractivity contribution < 1.29 is 5.11 Å². The Hall–Kier alpha value is -0.860. The zero-order valence-electron chi connectivity index (χ0n) is 9.55. The second-order valence-electron chi connectivity index (χ2n) is 5.23. The molecule has 86 valence electrons. The maximum atomic E-state index is 10.0. The third kappa shape index (κ3) is 1.87. The van der Waals surface area contributed by atoms with Gasteiger partial charge in [0.15, 0.2) is 0 Å². The maximum absolute atomic E-state index is 10.0. The SMILES string of the molecule is OC1CC2CC[C@H]1N(Cc1ccccc1)C2. The van der Waals surface area contributed by atoms with E-state index >= 15 is 0 Å². The highest BCUT2D eigenvalue weighted by Crippen LogP contribution is 2.35. The van der Waals surface area contributed by atoms with Crippen LogP contribution in [0, 0.1) is 5.92 Å². The van der Waals surface area contributed by atoms with Gasteiger partial charge < -0.3 is 5.11 Å². The molecular formula is C14H19NO. The van der Waals surface area contributed by atoms with Gasteiger partial charge in [-0.15, -0.1) is 0 Å². The van der Waals surface area contributed by atoms with Crippen LogP contribution in [0.25, 0.3) is 0 Å². The van der Waals surface area contributed by atoms with E-state index in [1.807, 2.05) is 0 Å². The minimum Gasteiger partial charge on any atom is -0.391 e. The highest BCUT2D eigenvalue weighted by atomic mass is 16.3. The van der Waals surface area contributed by atoms with E-state index in [4.69, 9.17) is 0 Å². The van der Waals surface area contributed by atoms with E-state index in [1.54, 1.807) is 0 Å². The molecule has 16 heavy (non-hydrogen) atoms. The Labute approximate surface area is 96.9 Å². The third-order valence-corrected chi connectivity index (χ3v) is 4.08. The minimum atomic E-state index is -0.0868. The fourth-order valence-electron chi connectivity index (χ4n) is 3.27. The molecule has 3 aliphatic rings. The van der Waals surface area contributed by atoms with Crippen LogP contribution in [0.3, 0.4) is 0 Å². The average molecular weight is 217 g/mol. The molecule has 1 aromatic rings. The topological polar surface area (TPSA) is 23.5 Å². The van der Waals surface area contributed by atoms with Crippen LogP contribution in [0.15, 0.2) is 30.3 Å². The van der Waals surface area contributed by atoms with Gasteiger partial charge in [0.25, 0.3) is 0 Å². The van der Waals surface area contributed by atoms with Crippen LogP contribution in [0.4, 0.5) is 0 Å². The van der Waals surface area contributed by atoms with E-state index in [9.17, 15) is 5.11 Å². The van der Waals surface area contributed by atoms with Gasteiger partial charge in [-0.1, -0.05) is 30.3 Å². The van der Waals surface area contributed by atoms with Gasteiger partial charge in [0.05, 0.1) is 6.10 Å². The number of rotatable bonds is 2. The molecule has 2 aliphatic heterocycles. The standard InChI is InChI=1S/C14H19NO/c16-14-8-12-6-7-13(14)15(10-12)9-11-4-2-1-3-5-11/h1-5,12-14,16H,6-10H2/t12?,13-,14?/m1/s1. The van der Waals surface area contributed by atoms with E-state index in [2.05, 4.69) is 35.2 Å². The lowest BCUT2D eigenvalue weighted by Gasteiger charge is -2.48. The molecule has 2 heteroatoms. The van der Waals surface area contributed by atoms with Crippen molar-refractivity contribution in [3.05, 3.63) is 35.9 Å². The second kappa shape index (κ2) is 4.19. The summed E-state index contributed by atoms with van der Waals surface area (Å²) >= 11 is 0. The molecule has 2 heterocycles. The number of aliphatic hydroxyl groups is 1. The molecule has 1 N–H and O–H groups in total. The summed E-state index contributed by atoms with van der Waals surface area (Å²) < 4.78 is 0. The summed E-state index contributed by atoms with van der Waals surface area (Å²) in [4.78, 5) is 2.47. The van der Waals surface area contributed by atoms with Gasteiger partial charge in [0.1, 0.15) is 0 Å². The lowest BCUT2D eigenvalue weighted by Crippen LogP contribution is -2.55. The number of hydrogen-bond donors (Lipinski definition) is 1. The predicted octanol–water partition coefficient (Wildman–Crippen LogP) is 2.03. The third-order valence-electron chi connectivity index (χ3n) is 4.08. The van der Waals surface area contributed by atoms with E-state index in [1.165, 1.54) is 24.9 Å². The lowest BCUT2D eigenvalue weighted by molar-refractivity contribution is -0.0582. The Morgan fingerprint density at radius 2 is 2.00 bits per heavy atom. The van der Waals surface area contributed by atoms with Crippen molar-refractivity contribution in [2.24, 2.45) is 5.92 Å². The predicted molar refractivity (Wildman–Crippen MR) is 64.0 cm³/mol. The van der Waals surface area contributed by atoms with Crippen LogP contribution in [0.1, 0.15) is 24.8 Å². The summed E-state index contributed by atoms with van der Waals surface area (Å²) in [6.45, 7) is 2.18. The number of piperidine rings is 2. The second-order valence-corrected chi connectivity index (χ2v) is 5.23. The van der Waals surface area contributed by atoms with Crippen molar-refractivity contribution in [2.75, 3.05) is 6.54 Å². The van der Waals surface area contributed by atoms with Crippen molar-refractivity contribution in [3.8, 4) is 0 Å². The largest absolute Gasteiger partial charge is 0.391 e. The number of fused-ring (bicyclic) bond motifs is 3. The summed E-state index contributed by atoms with van der Waals surface area (Å²) in [7, 11) is 0. The Morgan fingerprint density at radius 1 is 1.19 bits per heavy atom. The zero-order chi connectivity index (χ0) is 11.0. The first-order valence-corrected chi connectivity index (χ1v) is 6.29. The molecule has 2 unspecified atom stereocenters. The molecule has 1 saturated carbocycles. The summed E-state index contributed by atoms with van der Waals surface area (Å²) in [6, 6.07) is 11.0. The number of hydrogen-bond acceptors (Lipinski definition) is 2. The maximum Gasteiger partial charge on any atom is 0.0698 e. The molecule has 3 atom stereocenters. The van der Waals surface area contributed by atoms with Gasteiger partial charge in [-0.3, -0.25) is 4.90 Å². The van der Waals surface area contributed by atoms with Crippen molar-refractivity contribution in [3.63, 3.8) is 0 Å². The minimum absolute atomic E-state index is 0.0868. The molecule has 4 rings (SSSR count). The highest BCUT2D eigenvalue weighted by molar-refractivity contribution is 5.15. The Balaban J connectivity index is 1.72. The Kier molecular flexibility index (Phi) is 2.70. The smallest absolute Gasteiger partial charge is 0.0698 e. The first-order chi connectivity index (χ1) is 7.83. The van der Waals surface area contributed by atoms with E-state index in [-0.39, 0.29) is 6.10 Å². The van der Waals surface area contributed by atoms with Gasteiger partial charge in [0, 0.05) is 19.1 Å². The van der Waals surface area contributed by atoms with Gasteiger partial charge in [-0.05, 0) is 30.7 Å². The molecule has 0 aromatic heterocycles. The van der Waals surface area contributed by atoms with Crippen LogP contribution >= 0.6 is 0 Å². The van der Waals surface area contributed by atoms with Crippen molar-refractivity contribution in [1.29, 1.82) is 0 Å². The molecule has 2 bridgehead atoms. The van der Waals surface area contributed by atoms with Gasteiger partial charge >= 0.3 is 0 Å². The van der Waals surface area contributed by atoms with Crippen LogP contribution in [-0.4, -0.2) is 28.7 Å². The molecule has 2 saturated heterocycles. The number of benzene rings is 1. The van der Waals surface area contributed by atoms with Gasteiger partial charge in [-0.25, -0.2) is 0 Å². The zero-order valence-corrected chi connectivity index (χ0v) is 9.55. The van der Waals surface area contributed by atoms with Crippen LogP contribution in [0.5, 0.6) is 0 Å². The Morgan fingerprint density at radius 3 is 2.69 bits per heavy atom. The molecule has 2 nitrogen and oxygen atoms in total. The van der Waals surface area contributed by atoms with Gasteiger partial charge in [0.2, 0.25) is 0 Å². The Bertz CT molecular complexity index is 351. The molecule has 1 aromatic carbocycles. The van der Waals surface area contributed by atoms with Crippen molar-refractivity contribution >= 4 is 0 Å². The molecule has 1 aliphatic carbocycles. The summed E-state index contributed by atoms with van der Waals surface area (Å²) in [6.07, 6.45) is 3.43. The monoisotopic (exact) mass is 217 g/mol. The fraction of sp³-hybridized carbons (Fsp3) is 0.571. The normalized spacial score (nSPS) is 34.2. The number of aliphatic hydroxyl groups excluding tert-OH is 1. The summed E-state index contributed by atoms with van der Waals surface area (Å²) in [5, 5.41) is 10.0. The molecular weight excluding hydrogens is 198 g/mol. The highest BCUT2D eigenvalue weighted by Gasteiger charge is 2.39. The number of nitrogens with zero attached hydrogens (tertiary/aromatic N) is 1. The van der Waals surface area contributed by atoms with Gasteiger partial charge in [-0.2, -0.15) is 0 Å².